The summed E-state index contributed by atoms with van der Waals surface area (Å²) in [5, 5.41) is 9.15. The summed E-state index contributed by atoms with van der Waals surface area (Å²) < 4.78 is 2.04. The molecule has 0 saturated heterocycles. The quantitative estimate of drug-likeness (QED) is 0.737. The SMILES string of the molecule is Cc1cccc(C[n+]2ccc(O)cc2)c1. The van der Waals surface area contributed by atoms with E-state index in [-0.39, 0.29) is 0 Å². The summed E-state index contributed by atoms with van der Waals surface area (Å²) in [7, 11) is 0. The van der Waals surface area contributed by atoms with Crippen LogP contribution in [0.15, 0.2) is 48.8 Å². The van der Waals surface area contributed by atoms with Gasteiger partial charge in [-0.05, 0) is 13.0 Å². The van der Waals surface area contributed by atoms with Crippen molar-refractivity contribution in [1.82, 2.24) is 0 Å². The lowest BCUT2D eigenvalue weighted by molar-refractivity contribution is -0.688. The van der Waals surface area contributed by atoms with Gasteiger partial charge in [0.05, 0.1) is 0 Å². The lowest BCUT2D eigenvalue weighted by Gasteiger charge is -1.99. The number of hydrogen-bond acceptors (Lipinski definition) is 1. The van der Waals surface area contributed by atoms with E-state index in [1.54, 1.807) is 12.1 Å². The summed E-state index contributed by atoms with van der Waals surface area (Å²) in [6.07, 6.45) is 3.75. The maximum Gasteiger partial charge on any atom is 0.173 e. The van der Waals surface area contributed by atoms with Crippen LogP contribution in [0.25, 0.3) is 0 Å². The summed E-state index contributed by atoms with van der Waals surface area (Å²) in [6.45, 7) is 2.92. The maximum atomic E-state index is 9.15. The molecule has 2 heteroatoms. The number of aryl methyl sites for hydroxylation is 1. The van der Waals surface area contributed by atoms with Crippen LogP contribution in [-0.4, -0.2) is 5.11 Å². The zero-order valence-corrected chi connectivity index (χ0v) is 8.72. The monoisotopic (exact) mass is 200 g/mol. The average Bonchev–Trinajstić information content (AvgIpc) is 2.22. The molecule has 0 atom stereocenters. The molecule has 0 aliphatic carbocycles. The summed E-state index contributed by atoms with van der Waals surface area (Å²) in [6, 6.07) is 11.8. The molecule has 1 N–H and O–H groups in total. The van der Waals surface area contributed by atoms with Gasteiger partial charge in [-0.25, -0.2) is 4.57 Å². The van der Waals surface area contributed by atoms with Crippen LogP contribution in [0.1, 0.15) is 11.1 Å². The molecule has 0 saturated carbocycles. The Labute approximate surface area is 89.4 Å². The first-order valence-corrected chi connectivity index (χ1v) is 4.98. The summed E-state index contributed by atoms with van der Waals surface area (Å²) in [5.74, 6) is 0.301. The van der Waals surface area contributed by atoms with Gasteiger partial charge < -0.3 is 5.11 Å². The minimum Gasteiger partial charge on any atom is -0.507 e. The Morgan fingerprint density at radius 1 is 1.13 bits per heavy atom. The molecule has 0 unspecified atom stereocenters. The van der Waals surface area contributed by atoms with Gasteiger partial charge >= 0.3 is 0 Å². The predicted molar refractivity (Wildman–Crippen MR) is 58.6 cm³/mol. The third-order valence-corrected chi connectivity index (χ3v) is 2.32. The van der Waals surface area contributed by atoms with E-state index in [1.165, 1.54) is 11.1 Å². The number of benzene rings is 1. The molecule has 0 aliphatic heterocycles. The van der Waals surface area contributed by atoms with Gasteiger partial charge in [0.1, 0.15) is 5.75 Å². The lowest BCUT2D eigenvalue weighted by atomic mass is 10.1. The van der Waals surface area contributed by atoms with Gasteiger partial charge in [0.2, 0.25) is 0 Å². The van der Waals surface area contributed by atoms with Crippen LogP contribution in [0.4, 0.5) is 0 Å². The van der Waals surface area contributed by atoms with Crippen LogP contribution in [0.2, 0.25) is 0 Å². The van der Waals surface area contributed by atoms with Crippen molar-refractivity contribution in [3.8, 4) is 5.75 Å². The summed E-state index contributed by atoms with van der Waals surface area (Å²) in [5.41, 5.74) is 2.54. The van der Waals surface area contributed by atoms with E-state index >= 15 is 0 Å². The first-order chi connectivity index (χ1) is 7.24. The molecule has 0 amide bonds. The average molecular weight is 200 g/mol. The smallest absolute Gasteiger partial charge is 0.173 e. The van der Waals surface area contributed by atoms with Crippen LogP contribution in [-0.2, 0) is 6.54 Å². The Hall–Kier alpha value is -1.83. The zero-order chi connectivity index (χ0) is 10.7. The van der Waals surface area contributed by atoms with E-state index in [0.717, 1.165) is 6.54 Å². The fourth-order valence-corrected chi connectivity index (χ4v) is 1.58. The van der Waals surface area contributed by atoms with Crippen LogP contribution in [0, 0.1) is 6.92 Å². The molecule has 1 heterocycles. The van der Waals surface area contributed by atoms with Gasteiger partial charge in [-0.3, -0.25) is 0 Å². The molecule has 0 bridgehead atoms. The van der Waals surface area contributed by atoms with Crippen molar-refractivity contribution in [2.45, 2.75) is 13.5 Å². The van der Waals surface area contributed by atoms with Crippen molar-refractivity contribution in [2.24, 2.45) is 0 Å². The molecule has 1 aromatic heterocycles. The third-order valence-electron chi connectivity index (χ3n) is 2.32. The second-order valence-electron chi connectivity index (χ2n) is 3.72. The van der Waals surface area contributed by atoms with Gasteiger partial charge in [-0.15, -0.1) is 0 Å². The third kappa shape index (κ3) is 2.56. The van der Waals surface area contributed by atoms with Crippen LogP contribution in [0.3, 0.4) is 0 Å². The van der Waals surface area contributed by atoms with E-state index in [9.17, 15) is 0 Å². The predicted octanol–water partition coefficient (Wildman–Crippen LogP) is 2.04. The Bertz CT molecular complexity index is 448. The summed E-state index contributed by atoms with van der Waals surface area (Å²) in [4.78, 5) is 0. The second kappa shape index (κ2) is 4.13. The van der Waals surface area contributed by atoms with Crippen molar-refractivity contribution in [3.05, 3.63) is 59.9 Å². The van der Waals surface area contributed by atoms with Crippen LogP contribution in [0.5, 0.6) is 5.75 Å². The van der Waals surface area contributed by atoms with Crippen LogP contribution >= 0.6 is 0 Å². The highest BCUT2D eigenvalue weighted by Crippen LogP contribution is 2.05. The Morgan fingerprint density at radius 2 is 1.87 bits per heavy atom. The molecular formula is C13H14NO+. The van der Waals surface area contributed by atoms with Gasteiger partial charge in [0, 0.05) is 17.7 Å². The molecule has 1 aromatic carbocycles. The normalized spacial score (nSPS) is 10.2. The maximum absolute atomic E-state index is 9.15. The molecule has 2 nitrogen and oxygen atoms in total. The van der Waals surface area contributed by atoms with Crippen molar-refractivity contribution < 1.29 is 9.67 Å². The van der Waals surface area contributed by atoms with Crippen molar-refractivity contribution in [3.63, 3.8) is 0 Å². The van der Waals surface area contributed by atoms with Crippen molar-refractivity contribution in [1.29, 1.82) is 0 Å². The molecule has 76 valence electrons. The molecule has 0 radical (unpaired) electrons. The molecule has 2 rings (SSSR count). The molecule has 2 aromatic rings. The minimum absolute atomic E-state index is 0.301. The largest absolute Gasteiger partial charge is 0.507 e. The minimum atomic E-state index is 0.301. The van der Waals surface area contributed by atoms with E-state index in [0.29, 0.717) is 5.75 Å². The van der Waals surface area contributed by atoms with Gasteiger partial charge in [0.15, 0.2) is 18.9 Å². The highest BCUT2D eigenvalue weighted by molar-refractivity contribution is 5.21. The number of nitrogens with zero attached hydrogens (tertiary/aromatic N) is 1. The van der Waals surface area contributed by atoms with Gasteiger partial charge in [0.25, 0.3) is 0 Å². The Kier molecular flexibility index (Phi) is 2.68. The van der Waals surface area contributed by atoms with Crippen LogP contribution < -0.4 is 4.57 Å². The summed E-state index contributed by atoms with van der Waals surface area (Å²) >= 11 is 0. The molecule has 15 heavy (non-hydrogen) atoms. The highest BCUT2D eigenvalue weighted by Gasteiger charge is 2.02. The fraction of sp³-hybridized carbons (Fsp3) is 0.154. The van der Waals surface area contributed by atoms with Gasteiger partial charge in [-0.1, -0.05) is 23.8 Å². The number of pyridine rings is 1. The lowest BCUT2D eigenvalue weighted by Crippen LogP contribution is -2.32. The van der Waals surface area contributed by atoms with E-state index in [4.69, 9.17) is 5.11 Å². The second-order valence-corrected chi connectivity index (χ2v) is 3.72. The fourth-order valence-electron chi connectivity index (χ4n) is 1.58. The first-order valence-electron chi connectivity index (χ1n) is 4.98. The topological polar surface area (TPSA) is 24.1 Å². The number of hydrogen-bond donors (Lipinski definition) is 1. The first kappa shape index (κ1) is 9.71. The Balaban J connectivity index is 2.18. The molecule has 0 fully saturated rings. The zero-order valence-electron chi connectivity index (χ0n) is 8.72. The molecule has 0 aliphatic rings. The van der Waals surface area contributed by atoms with Crippen molar-refractivity contribution >= 4 is 0 Å². The number of aromatic hydroxyl groups is 1. The molecule has 0 spiro atoms. The number of rotatable bonds is 2. The van der Waals surface area contributed by atoms with Gasteiger partial charge in [-0.2, -0.15) is 0 Å². The van der Waals surface area contributed by atoms with E-state index in [1.807, 2.05) is 17.0 Å². The van der Waals surface area contributed by atoms with Crippen molar-refractivity contribution in [2.75, 3.05) is 0 Å². The standard InChI is InChI=1S/C13H13NO/c1-11-3-2-4-12(9-11)10-14-7-5-13(15)6-8-14/h2-9H,10H2,1H3/p+1. The molecular weight excluding hydrogens is 186 g/mol. The highest BCUT2D eigenvalue weighted by atomic mass is 16.3. The Morgan fingerprint density at radius 3 is 2.53 bits per heavy atom. The number of aromatic nitrogens is 1. The van der Waals surface area contributed by atoms with E-state index in [2.05, 4.69) is 31.2 Å². The van der Waals surface area contributed by atoms with E-state index < -0.39 is 0 Å².